The van der Waals surface area contributed by atoms with Crippen molar-refractivity contribution < 1.29 is 22.7 Å². The van der Waals surface area contributed by atoms with Gasteiger partial charge in [-0.05, 0) is 38.0 Å². The fourth-order valence-electron chi connectivity index (χ4n) is 2.72. The van der Waals surface area contributed by atoms with Crippen LogP contribution in [-0.2, 0) is 14.8 Å². The number of nitrogens with zero attached hydrogens (tertiary/aromatic N) is 2. The van der Waals surface area contributed by atoms with Crippen molar-refractivity contribution in [3.8, 4) is 0 Å². The number of anilines is 2. The Morgan fingerprint density at radius 1 is 1.36 bits per heavy atom. The number of aromatic nitrogens is 1. The molecule has 2 heterocycles. The predicted octanol–water partition coefficient (Wildman–Crippen LogP) is 3.16. The average molecular weight is 444 g/mol. The van der Waals surface area contributed by atoms with Crippen molar-refractivity contribution in [1.29, 1.82) is 0 Å². The van der Waals surface area contributed by atoms with Gasteiger partial charge in [0.2, 0.25) is 10.0 Å². The van der Waals surface area contributed by atoms with Crippen LogP contribution in [0.15, 0.2) is 23.6 Å². The van der Waals surface area contributed by atoms with Crippen molar-refractivity contribution in [2.75, 3.05) is 28.5 Å². The lowest BCUT2D eigenvalue weighted by atomic mass is 10.2. The number of thiazole rings is 1. The zero-order valence-electron chi connectivity index (χ0n) is 15.0. The number of carbonyl (C=O) groups is 2. The van der Waals surface area contributed by atoms with Gasteiger partial charge < -0.3 is 4.74 Å². The second-order valence-electron chi connectivity index (χ2n) is 5.97. The summed E-state index contributed by atoms with van der Waals surface area (Å²) in [5.41, 5.74) is 0.715. The number of carbonyl (C=O) groups excluding carboxylic acids is 2. The highest BCUT2D eigenvalue weighted by Gasteiger charge is 2.27. The van der Waals surface area contributed by atoms with E-state index in [1.165, 1.54) is 21.8 Å². The molecule has 0 aliphatic carbocycles. The molecule has 1 fully saturated rings. The molecule has 0 spiro atoms. The number of benzene rings is 1. The van der Waals surface area contributed by atoms with Crippen LogP contribution in [0, 0.1) is 0 Å². The Morgan fingerprint density at radius 2 is 2.14 bits per heavy atom. The molecule has 0 saturated carbocycles. The van der Waals surface area contributed by atoms with Crippen molar-refractivity contribution in [2.24, 2.45) is 0 Å². The third kappa shape index (κ3) is 4.45. The van der Waals surface area contributed by atoms with E-state index in [2.05, 4.69) is 10.3 Å². The van der Waals surface area contributed by atoms with Crippen LogP contribution in [0.5, 0.6) is 0 Å². The van der Waals surface area contributed by atoms with Crippen LogP contribution in [0.2, 0.25) is 5.02 Å². The van der Waals surface area contributed by atoms with E-state index in [0.717, 1.165) is 17.8 Å². The minimum Gasteiger partial charge on any atom is -0.461 e. The summed E-state index contributed by atoms with van der Waals surface area (Å²) in [6.45, 7) is 2.31. The summed E-state index contributed by atoms with van der Waals surface area (Å²) in [4.78, 5) is 28.1. The molecular weight excluding hydrogens is 426 g/mol. The summed E-state index contributed by atoms with van der Waals surface area (Å²) in [5.74, 6) is -0.980. The number of ether oxygens (including phenoxy) is 1. The van der Waals surface area contributed by atoms with Crippen molar-refractivity contribution in [2.45, 2.75) is 19.8 Å². The van der Waals surface area contributed by atoms with Crippen molar-refractivity contribution >= 4 is 55.7 Å². The summed E-state index contributed by atoms with van der Waals surface area (Å²) in [5, 5.41) is 4.41. The highest BCUT2D eigenvalue weighted by molar-refractivity contribution is 7.92. The summed E-state index contributed by atoms with van der Waals surface area (Å²) in [7, 11) is -3.36. The van der Waals surface area contributed by atoms with E-state index in [1.807, 2.05) is 0 Å². The zero-order chi connectivity index (χ0) is 20.3. The molecule has 1 amide bonds. The molecular formula is C17H18ClN3O5S2. The van der Waals surface area contributed by atoms with Gasteiger partial charge in [0.15, 0.2) is 10.8 Å². The molecule has 1 aromatic heterocycles. The largest absolute Gasteiger partial charge is 0.461 e. The Hall–Kier alpha value is -2.17. The van der Waals surface area contributed by atoms with Gasteiger partial charge in [0.05, 0.1) is 28.6 Å². The molecule has 11 heteroatoms. The first-order chi connectivity index (χ1) is 13.3. The van der Waals surface area contributed by atoms with Crippen LogP contribution in [0.25, 0.3) is 0 Å². The molecule has 1 saturated heterocycles. The summed E-state index contributed by atoms with van der Waals surface area (Å²) < 4.78 is 30.6. The highest BCUT2D eigenvalue weighted by atomic mass is 35.5. The monoisotopic (exact) mass is 443 g/mol. The second kappa shape index (κ2) is 8.46. The normalized spacial score (nSPS) is 15.9. The maximum absolute atomic E-state index is 12.5. The molecule has 0 radical (unpaired) electrons. The first-order valence-corrected chi connectivity index (χ1v) is 11.4. The lowest BCUT2D eigenvalue weighted by molar-refractivity contribution is 0.0520. The van der Waals surface area contributed by atoms with Gasteiger partial charge in [0, 0.05) is 11.9 Å². The number of hydrogen-bond donors (Lipinski definition) is 1. The molecule has 2 aromatic rings. The SMILES string of the molecule is CCOC(=O)c1csc(NC(=O)c2ccc(N3CCCCS3(=O)=O)cc2Cl)n1. The Kier molecular flexibility index (Phi) is 6.21. The topological polar surface area (TPSA) is 106 Å². The minimum absolute atomic E-state index is 0.0969. The average Bonchev–Trinajstić information content (AvgIpc) is 3.10. The van der Waals surface area contributed by atoms with Gasteiger partial charge in [-0.15, -0.1) is 11.3 Å². The van der Waals surface area contributed by atoms with Gasteiger partial charge in [-0.2, -0.15) is 0 Å². The van der Waals surface area contributed by atoms with E-state index in [1.54, 1.807) is 13.0 Å². The Bertz CT molecular complexity index is 1010. The molecule has 0 atom stereocenters. The summed E-state index contributed by atoms with van der Waals surface area (Å²) >= 11 is 7.31. The van der Waals surface area contributed by atoms with E-state index in [-0.39, 0.29) is 33.8 Å². The molecule has 0 unspecified atom stereocenters. The van der Waals surface area contributed by atoms with Gasteiger partial charge in [0.1, 0.15) is 0 Å². The number of esters is 1. The van der Waals surface area contributed by atoms with Gasteiger partial charge >= 0.3 is 5.97 Å². The molecule has 8 nitrogen and oxygen atoms in total. The van der Waals surface area contributed by atoms with E-state index in [0.29, 0.717) is 18.7 Å². The minimum atomic E-state index is -3.36. The Balaban J connectivity index is 1.75. The number of hydrogen-bond acceptors (Lipinski definition) is 7. The summed E-state index contributed by atoms with van der Waals surface area (Å²) in [6, 6.07) is 4.48. The molecule has 1 N–H and O–H groups in total. The van der Waals surface area contributed by atoms with E-state index in [4.69, 9.17) is 16.3 Å². The number of rotatable bonds is 5. The van der Waals surface area contributed by atoms with E-state index >= 15 is 0 Å². The molecule has 28 heavy (non-hydrogen) atoms. The van der Waals surface area contributed by atoms with Crippen molar-refractivity contribution in [3.63, 3.8) is 0 Å². The zero-order valence-corrected chi connectivity index (χ0v) is 17.4. The lowest BCUT2D eigenvalue weighted by Gasteiger charge is -2.28. The molecule has 150 valence electrons. The van der Waals surface area contributed by atoms with Crippen molar-refractivity contribution in [3.05, 3.63) is 39.9 Å². The number of halogens is 1. The molecule has 1 aromatic carbocycles. The van der Waals surface area contributed by atoms with Gasteiger partial charge in [-0.25, -0.2) is 18.2 Å². The highest BCUT2D eigenvalue weighted by Crippen LogP contribution is 2.29. The van der Waals surface area contributed by atoms with Crippen LogP contribution in [0.1, 0.15) is 40.6 Å². The van der Waals surface area contributed by atoms with Gasteiger partial charge in [-0.3, -0.25) is 14.4 Å². The summed E-state index contributed by atoms with van der Waals surface area (Å²) in [6.07, 6.45) is 1.40. The van der Waals surface area contributed by atoms with Crippen LogP contribution in [0.4, 0.5) is 10.8 Å². The Morgan fingerprint density at radius 3 is 2.82 bits per heavy atom. The fourth-order valence-corrected chi connectivity index (χ4v) is 5.28. The fraction of sp³-hybridized carbons (Fsp3) is 0.353. The van der Waals surface area contributed by atoms with Crippen LogP contribution in [-0.4, -0.2) is 44.2 Å². The standard InChI is InChI=1S/C17H18ClN3O5S2/c1-2-26-16(23)14-10-27-17(19-14)20-15(22)12-6-5-11(9-13(12)18)21-7-3-4-8-28(21,24)25/h5-6,9-10H,2-4,7-8H2,1H3,(H,19,20,22). The smallest absolute Gasteiger partial charge is 0.357 e. The van der Waals surface area contributed by atoms with Gasteiger partial charge in [-0.1, -0.05) is 11.6 Å². The number of nitrogens with one attached hydrogen (secondary N) is 1. The molecule has 1 aliphatic heterocycles. The maximum Gasteiger partial charge on any atom is 0.357 e. The predicted molar refractivity (Wildman–Crippen MR) is 108 cm³/mol. The Labute approximate surface area is 171 Å². The van der Waals surface area contributed by atoms with Crippen LogP contribution in [0.3, 0.4) is 0 Å². The first kappa shape index (κ1) is 20.6. The third-order valence-electron chi connectivity index (χ3n) is 4.04. The second-order valence-corrected chi connectivity index (χ2v) is 9.25. The molecule has 1 aliphatic rings. The quantitative estimate of drug-likeness (QED) is 0.711. The third-order valence-corrected chi connectivity index (χ3v) is 6.98. The molecule has 0 bridgehead atoms. The van der Waals surface area contributed by atoms with Crippen LogP contribution < -0.4 is 9.62 Å². The van der Waals surface area contributed by atoms with Crippen molar-refractivity contribution in [1.82, 2.24) is 4.98 Å². The van der Waals surface area contributed by atoms with E-state index in [9.17, 15) is 18.0 Å². The van der Waals surface area contributed by atoms with Gasteiger partial charge in [0.25, 0.3) is 5.91 Å². The molecule has 3 rings (SSSR count). The lowest BCUT2D eigenvalue weighted by Crippen LogP contribution is -2.37. The number of amides is 1. The number of sulfonamides is 1. The first-order valence-electron chi connectivity index (χ1n) is 8.56. The van der Waals surface area contributed by atoms with Crippen LogP contribution >= 0.6 is 22.9 Å². The maximum atomic E-state index is 12.5. The van der Waals surface area contributed by atoms with E-state index < -0.39 is 21.9 Å².